The smallest absolute Gasteiger partial charge is 0.0891 e. The number of hydrogen-bond donors (Lipinski definition) is 1. The summed E-state index contributed by atoms with van der Waals surface area (Å²) < 4.78 is 0. The Morgan fingerprint density at radius 3 is 3.11 bits per heavy atom. The van der Waals surface area contributed by atoms with Gasteiger partial charge in [0.15, 0.2) is 0 Å². The Morgan fingerprint density at radius 1 is 1.44 bits per heavy atom. The number of hydrogen-bond acceptors (Lipinski definition) is 2. The molecule has 0 spiro atoms. The second-order valence-electron chi connectivity index (χ2n) is 2.46. The highest BCUT2D eigenvalue weighted by Gasteiger charge is 2.14. The molecular weight excluding hydrogens is 130 g/mol. The van der Waals surface area contributed by atoms with E-state index in [0.29, 0.717) is 0 Å². The molecule has 1 nitrogen and oxygen atoms in total. The van der Waals surface area contributed by atoms with Crippen molar-refractivity contribution in [1.82, 2.24) is 0 Å². The fourth-order valence-corrected chi connectivity index (χ4v) is 2.29. The Kier molecular flexibility index (Phi) is 1.02. The first kappa shape index (κ1) is 5.30. The number of thiophene rings is 1. The van der Waals surface area contributed by atoms with Gasteiger partial charge in [0.2, 0.25) is 0 Å². The molecule has 1 aliphatic rings. The van der Waals surface area contributed by atoms with Crippen LogP contribution in [-0.4, -0.2) is 0 Å². The van der Waals surface area contributed by atoms with Gasteiger partial charge in [-0.15, -0.1) is 11.3 Å². The summed E-state index contributed by atoms with van der Waals surface area (Å²) in [6, 6.07) is 0. The zero-order valence-electron chi connectivity index (χ0n) is 5.18. The largest absolute Gasteiger partial charge is 0.390 e. The van der Waals surface area contributed by atoms with Gasteiger partial charge in [-0.2, -0.15) is 0 Å². The van der Waals surface area contributed by atoms with E-state index in [9.17, 15) is 0 Å². The molecular formula is C7H9NS. The van der Waals surface area contributed by atoms with Crippen LogP contribution in [0, 0.1) is 0 Å². The normalized spacial score (nSPS) is 16.0. The fourth-order valence-electron chi connectivity index (χ4n) is 1.38. The van der Waals surface area contributed by atoms with Crippen molar-refractivity contribution in [3.8, 4) is 0 Å². The molecule has 0 fully saturated rings. The quantitative estimate of drug-likeness (QED) is 0.583. The Bertz CT molecular complexity index is 227. The highest BCUT2D eigenvalue weighted by molar-refractivity contribution is 7.14. The van der Waals surface area contributed by atoms with Crippen LogP contribution >= 0.6 is 11.3 Å². The van der Waals surface area contributed by atoms with Crippen molar-refractivity contribution in [2.24, 2.45) is 0 Å². The van der Waals surface area contributed by atoms with E-state index in [1.54, 1.807) is 11.3 Å². The van der Waals surface area contributed by atoms with Gasteiger partial charge in [-0.25, -0.2) is 0 Å². The molecule has 1 aromatic rings. The lowest BCUT2D eigenvalue weighted by molar-refractivity contribution is 0.912. The minimum absolute atomic E-state index is 1.04. The van der Waals surface area contributed by atoms with Gasteiger partial charge < -0.3 is 5.73 Å². The second-order valence-corrected chi connectivity index (χ2v) is 3.37. The molecule has 0 unspecified atom stereocenters. The molecule has 0 saturated heterocycles. The number of nitrogens with two attached hydrogens (primary N) is 1. The first-order valence-electron chi connectivity index (χ1n) is 3.22. The fraction of sp³-hybridized carbons (Fsp3) is 0.429. The number of rotatable bonds is 0. The molecule has 0 atom stereocenters. The Balaban J connectivity index is 2.56. The van der Waals surface area contributed by atoms with E-state index in [1.807, 2.05) is 0 Å². The summed E-state index contributed by atoms with van der Waals surface area (Å²) >= 11 is 1.68. The molecule has 9 heavy (non-hydrogen) atoms. The number of nitrogen functional groups attached to an aromatic ring is 1. The third kappa shape index (κ3) is 0.663. The summed E-state index contributed by atoms with van der Waals surface area (Å²) in [7, 11) is 0. The van der Waals surface area contributed by atoms with E-state index < -0.39 is 0 Å². The van der Waals surface area contributed by atoms with Gasteiger partial charge in [-0.05, 0) is 35.8 Å². The van der Waals surface area contributed by atoms with Crippen LogP contribution in [0.3, 0.4) is 0 Å². The maximum absolute atomic E-state index is 5.71. The van der Waals surface area contributed by atoms with E-state index >= 15 is 0 Å². The Morgan fingerprint density at radius 2 is 2.33 bits per heavy atom. The number of anilines is 1. The molecule has 2 heteroatoms. The molecule has 0 saturated carbocycles. The molecule has 0 aliphatic heterocycles. The van der Waals surface area contributed by atoms with Crippen LogP contribution in [0.25, 0.3) is 0 Å². The van der Waals surface area contributed by atoms with E-state index in [4.69, 9.17) is 5.73 Å². The minimum Gasteiger partial charge on any atom is -0.390 e. The van der Waals surface area contributed by atoms with Gasteiger partial charge in [0.05, 0.1) is 5.00 Å². The highest BCUT2D eigenvalue weighted by Crippen LogP contribution is 2.32. The zero-order chi connectivity index (χ0) is 6.27. The molecule has 0 radical (unpaired) electrons. The standard InChI is InChI=1S/C7H9NS/c8-7-6-3-1-2-5(6)4-9-7/h4H,1-3,8H2. The van der Waals surface area contributed by atoms with Crippen molar-refractivity contribution in [2.45, 2.75) is 19.3 Å². The zero-order valence-corrected chi connectivity index (χ0v) is 6.00. The molecule has 48 valence electrons. The summed E-state index contributed by atoms with van der Waals surface area (Å²) in [4.78, 5) is 0. The minimum atomic E-state index is 1.04. The van der Waals surface area contributed by atoms with Crippen molar-refractivity contribution in [3.05, 3.63) is 16.5 Å². The van der Waals surface area contributed by atoms with Crippen LogP contribution < -0.4 is 5.73 Å². The molecule has 2 N–H and O–H groups in total. The molecule has 0 bridgehead atoms. The van der Waals surface area contributed by atoms with E-state index in [-0.39, 0.29) is 0 Å². The van der Waals surface area contributed by atoms with Crippen LogP contribution in [0.1, 0.15) is 17.5 Å². The van der Waals surface area contributed by atoms with Crippen molar-refractivity contribution in [1.29, 1.82) is 0 Å². The average molecular weight is 139 g/mol. The van der Waals surface area contributed by atoms with Crippen molar-refractivity contribution in [2.75, 3.05) is 5.73 Å². The van der Waals surface area contributed by atoms with E-state index in [0.717, 1.165) is 5.00 Å². The van der Waals surface area contributed by atoms with Crippen molar-refractivity contribution in [3.63, 3.8) is 0 Å². The Labute approximate surface area is 58.5 Å². The molecule has 1 heterocycles. The van der Waals surface area contributed by atoms with Crippen LogP contribution in [0.5, 0.6) is 0 Å². The summed E-state index contributed by atoms with van der Waals surface area (Å²) in [5.74, 6) is 0. The summed E-state index contributed by atoms with van der Waals surface area (Å²) in [5.41, 5.74) is 8.64. The van der Waals surface area contributed by atoms with E-state index in [2.05, 4.69) is 5.38 Å². The summed E-state index contributed by atoms with van der Waals surface area (Å²) in [6.07, 6.45) is 3.77. The third-order valence-electron chi connectivity index (χ3n) is 1.89. The van der Waals surface area contributed by atoms with Crippen LogP contribution in [0.2, 0.25) is 0 Å². The van der Waals surface area contributed by atoms with E-state index in [1.165, 1.54) is 30.4 Å². The third-order valence-corrected chi connectivity index (χ3v) is 2.79. The Hall–Kier alpha value is -0.500. The molecule has 2 rings (SSSR count). The SMILES string of the molecule is Nc1scc2c1CCC2. The molecule has 0 amide bonds. The van der Waals surface area contributed by atoms with Gasteiger partial charge in [0.1, 0.15) is 0 Å². The van der Waals surface area contributed by atoms with Gasteiger partial charge >= 0.3 is 0 Å². The van der Waals surface area contributed by atoms with Crippen LogP contribution in [-0.2, 0) is 12.8 Å². The van der Waals surface area contributed by atoms with Gasteiger partial charge in [0.25, 0.3) is 0 Å². The topological polar surface area (TPSA) is 26.0 Å². The van der Waals surface area contributed by atoms with Gasteiger partial charge in [-0.1, -0.05) is 0 Å². The summed E-state index contributed by atoms with van der Waals surface area (Å²) in [6.45, 7) is 0. The molecule has 1 aromatic heterocycles. The second kappa shape index (κ2) is 1.74. The predicted molar refractivity (Wildman–Crippen MR) is 40.8 cm³/mol. The van der Waals surface area contributed by atoms with Gasteiger partial charge in [-0.3, -0.25) is 0 Å². The first-order valence-corrected chi connectivity index (χ1v) is 4.10. The van der Waals surface area contributed by atoms with Crippen molar-refractivity contribution >= 4 is 16.3 Å². The monoisotopic (exact) mass is 139 g/mol. The number of fused-ring (bicyclic) bond motifs is 1. The van der Waals surface area contributed by atoms with Crippen molar-refractivity contribution < 1.29 is 0 Å². The lowest BCUT2D eigenvalue weighted by Gasteiger charge is -1.87. The summed E-state index contributed by atoms with van der Waals surface area (Å²) in [5, 5.41) is 3.24. The molecule has 0 aromatic carbocycles. The predicted octanol–water partition coefficient (Wildman–Crippen LogP) is 1.82. The maximum Gasteiger partial charge on any atom is 0.0891 e. The number of aryl methyl sites for hydroxylation is 1. The van der Waals surface area contributed by atoms with Gasteiger partial charge in [0, 0.05) is 0 Å². The average Bonchev–Trinajstić information content (AvgIpc) is 2.35. The lowest BCUT2D eigenvalue weighted by Crippen LogP contribution is -1.83. The van der Waals surface area contributed by atoms with Crippen LogP contribution in [0.4, 0.5) is 5.00 Å². The maximum atomic E-state index is 5.71. The first-order chi connectivity index (χ1) is 4.38. The van der Waals surface area contributed by atoms with Crippen LogP contribution in [0.15, 0.2) is 5.38 Å². The molecule has 1 aliphatic carbocycles. The lowest BCUT2D eigenvalue weighted by atomic mass is 10.2. The highest BCUT2D eigenvalue weighted by atomic mass is 32.1.